The predicted octanol–water partition coefficient (Wildman–Crippen LogP) is 3.77. The van der Waals surface area contributed by atoms with Crippen molar-refractivity contribution in [3.63, 3.8) is 0 Å². The van der Waals surface area contributed by atoms with Crippen molar-refractivity contribution in [1.82, 2.24) is 19.9 Å². The predicted molar refractivity (Wildman–Crippen MR) is 105 cm³/mol. The molecule has 1 aromatic carbocycles. The number of thiazole rings is 1. The maximum atomic E-state index is 12.5. The molecule has 0 saturated heterocycles. The van der Waals surface area contributed by atoms with Crippen molar-refractivity contribution in [2.24, 2.45) is 7.05 Å². The summed E-state index contributed by atoms with van der Waals surface area (Å²) in [6.45, 7) is 1.97. The van der Waals surface area contributed by atoms with Crippen LogP contribution in [0.15, 0.2) is 46.4 Å². The maximum Gasteiger partial charge on any atom is 0.296 e. The molecule has 1 amide bonds. The van der Waals surface area contributed by atoms with Crippen LogP contribution in [0.25, 0.3) is 22.5 Å². The molecule has 0 unspecified atom stereocenters. The van der Waals surface area contributed by atoms with Crippen LogP contribution in [0.1, 0.15) is 16.2 Å². The van der Waals surface area contributed by atoms with Crippen LogP contribution < -0.4 is 10.1 Å². The number of aryl methyl sites for hydroxylation is 1. The van der Waals surface area contributed by atoms with Crippen molar-refractivity contribution in [2.75, 3.05) is 12.4 Å². The Bertz CT molecular complexity index is 1130. The maximum absolute atomic E-state index is 12.5. The highest BCUT2D eigenvalue weighted by molar-refractivity contribution is 7.14. The number of rotatable bonds is 5. The zero-order valence-corrected chi connectivity index (χ0v) is 16.3. The first-order valence-electron chi connectivity index (χ1n) is 8.42. The van der Waals surface area contributed by atoms with E-state index in [0.717, 1.165) is 28.3 Å². The molecule has 9 heteroatoms. The minimum atomic E-state index is -0.406. The van der Waals surface area contributed by atoms with Gasteiger partial charge in [-0.15, -0.1) is 11.3 Å². The molecule has 4 aromatic rings. The van der Waals surface area contributed by atoms with Gasteiger partial charge < -0.3 is 9.26 Å². The summed E-state index contributed by atoms with van der Waals surface area (Å²) in [4.78, 5) is 16.9. The molecule has 3 heterocycles. The highest BCUT2D eigenvalue weighted by Gasteiger charge is 2.17. The third-order valence-corrected chi connectivity index (χ3v) is 5.11. The molecule has 28 heavy (non-hydrogen) atoms. The van der Waals surface area contributed by atoms with Crippen molar-refractivity contribution in [3.8, 4) is 28.3 Å². The molecule has 3 aromatic heterocycles. The molecule has 0 aliphatic heterocycles. The number of hydrogen-bond donors (Lipinski definition) is 1. The summed E-state index contributed by atoms with van der Waals surface area (Å²) in [6.07, 6.45) is 1.76. The van der Waals surface area contributed by atoms with E-state index in [1.807, 2.05) is 43.6 Å². The van der Waals surface area contributed by atoms with E-state index in [9.17, 15) is 4.79 Å². The SMILES string of the molecule is COc1ccc(-c2cc(C(=O)Nc3nc(-c4cnn(C)c4C)cs3)on2)cc1. The Labute approximate surface area is 164 Å². The Hall–Kier alpha value is -3.46. The van der Waals surface area contributed by atoms with Crippen LogP contribution in [0, 0.1) is 6.92 Å². The van der Waals surface area contributed by atoms with Crippen molar-refractivity contribution < 1.29 is 14.1 Å². The Morgan fingerprint density at radius 3 is 2.71 bits per heavy atom. The Morgan fingerprint density at radius 1 is 1.25 bits per heavy atom. The van der Waals surface area contributed by atoms with Crippen LogP contribution in [-0.2, 0) is 7.05 Å². The second kappa shape index (κ2) is 7.28. The molecule has 0 aliphatic carbocycles. The topological polar surface area (TPSA) is 95.1 Å². The smallest absolute Gasteiger partial charge is 0.296 e. The van der Waals surface area contributed by atoms with Crippen LogP contribution in [0.4, 0.5) is 5.13 Å². The molecule has 0 bridgehead atoms. The molecule has 0 saturated carbocycles. The van der Waals surface area contributed by atoms with E-state index in [0.29, 0.717) is 10.8 Å². The fourth-order valence-electron chi connectivity index (χ4n) is 2.64. The number of methoxy groups -OCH3 is 1. The third kappa shape index (κ3) is 3.39. The van der Waals surface area contributed by atoms with E-state index in [4.69, 9.17) is 9.26 Å². The number of carbonyl (C=O) groups is 1. The lowest BCUT2D eigenvalue weighted by atomic mass is 10.1. The normalized spacial score (nSPS) is 10.8. The number of hydrogen-bond acceptors (Lipinski definition) is 7. The van der Waals surface area contributed by atoms with Crippen LogP contribution in [0.5, 0.6) is 5.75 Å². The van der Waals surface area contributed by atoms with Gasteiger partial charge in [-0.3, -0.25) is 14.8 Å². The number of nitrogens with one attached hydrogen (secondary N) is 1. The number of carbonyl (C=O) groups excluding carboxylic acids is 1. The Morgan fingerprint density at radius 2 is 2.04 bits per heavy atom. The molecular weight excluding hydrogens is 378 g/mol. The summed E-state index contributed by atoms with van der Waals surface area (Å²) >= 11 is 1.34. The standard InChI is InChI=1S/C19H17N5O3S/c1-11-14(9-20-24(11)2)16-10-28-19(21-16)22-18(25)17-8-15(23-27-17)12-4-6-13(26-3)7-5-12/h4-10H,1-3H3,(H,21,22,25). The molecule has 4 rings (SSSR count). The van der Waals surface area contributed by atoms with Crippen molar-refractivity contribution in [1.29, 1.82) is 0 Å². The lowest BCUT2D eigenvalue weighted by molar-refractivity contribution is 0.0988. The zero-order valence-electron chi connectivity index (χ0n) is 15.5. The fourth-order valence-corrected chi connectivity index (χ4v) is 3.35. The average molecular weight is 395 g/mol. The van der Waals surface area contributed by atoms with Gasteiger partial charge in [0.15, 0.2) is 5.13 Å². The number of anilines is 1. The summed E-state index contributed by atoms with van der Waals surface area (Å²) in [5, 5.41) is 13.3. The van der Waals surface area contributed by atoms with Crippen LogP contribution in [-0.4, -0.2) is 32.9 Å². The Kier molecular flexibility index (Phi) is 4.66. The highest BCUT2D eigenvalue weighted by atomic mass is 32.1. The van der Waals surface area contributed by atoms with E-state index in [1.54, 1.807) is 24.1 Å². The molecule has 0 aliphatic rings. The molecule has 1 N–H and O–H groups in total. The molecule has 0 fully saturated rings. The lowest BCUT2D eigenvalue weighted by Crippen LogP contribution is -2.10. The summed E-state index contributed by atoms with van der Waals surface area (Å²) in [5.74, 6) is 0.449. The third-order valence-electron chi connectivity index (χ3n) is 4.36. The van der Waals surface area contributed by atoms with Crippen LogP contribution in [0.3, 0.4) is 0 Å². The van der Waals surface area contributed by atoms with Gasteiger partial charge in [0.05, 0.1) is 19.0 Å². The highest BCUT2D eigenvalue weighted by Crippen LogP contribution is 2.28. The molecule has 8 nitrogen and oxygen atoms in total. The van der Waals surface area contributed by atoms with Gasteiger partial charge in [-0.1, -0.05) is 5.16 Å². The van der Waals surface area contributed by atoms with E-state index < -0.39 is 5.91 Å². The van der Waals surface area contributed by atoms with Gasteiger partial charge in [0.1, 0.15) is 11.4 Å². The Balaban J connectivity index is 1.48. The quantitative estimate of drug-likeness (QED) is 0.553. The first kappa shape index (κ1) is 17.9. The number of ether oxygens (including phenoxy) is 1. The van der Waals surface area contributed by atoms with Gasteiger partial charge >= 0.3 is 0 Å². The van der Waals surface area contributed by atoms with Crippen molar-refractivity contribution >= 4 is 22.4 Å². The lowest BCUT2D eigenvalue weighted by Gasteiger charge is -1.99. The number of amides is 1. The largest absolute Gasteiger partial charge is 0.497 e. The van der Waals surface area contributed by atoms with Crippen LogP contribution >= 0.6 is 11.3 Å². The van der Waals surface area contributed by atoms with Crippen molar-refractivity contribution in [2.45, 2.75) is 6.92 Å². The molecule has 0 atom stereocenters. The summed E-state index contributed by atoms with van der Waals surface area (Å²) < 4.78 is 12.1. The van der Waals surface area contributed by atoms with Gasteiger partial charge in [0.2, 0.25) is 5.76 Å². The molecule has 142 valence electrons. The second-order valence-electron chi connectivity index (χ2n) is 6.06. The monoisotopic (exact) mass is 395 g/mol. The molecule has 0 spiro atoms. The average Bonchev–Trinajstić information content (AvgIpc) is 3.44. The fraction of sp³-hybridized carbons (Fsp3) is 0.158. The van der Waals surface area contributed by atoms with Gasteiger partial charge in [0, 0.05) is 35.3 Å². The van der Waals surface area contributed by atoms with E-state index in [1.165, 1.54) is 11.3 Å². The van der Waals surface area contributed by atoms with Gasteiger partial charge in [0.25, 0.3) is 5.91 Å². The van der Waals surface area contributed by atoms with Gasteiger partial charge in [-0.2, -0.15) is 5.10 Å². The first-order chi connectivity index (χ1) is 13.5. The second-order valence-corrected chi connectivity index (χ2v) is 6.92. The molecule has 0 radical (unpaired) electrons. The van der Waals surface area contributed by atoms with Crippen molar-refractivity contribution in [3.05, 3.63) is 53.4 Å². The number of nitrogens with zero attached hydrogens (tertiary/aromatic N) is 4. The minimum absolute atomic E-state index is 0.111. The molecular formula is C19H17N5O3S. The van der Waals surface area contributed by atoms with E-state index >= 15 is 0 Å². The zero-order chi connectivity index (χ0) is 19.7. The number of aromatic nitrogens is 4. The summed E-state index contributed by atoms with van der Waals surface area (Å²) in [5.41, 5.74) is 4.09. The van der Waals surface area contributed by atoms with Gasteiger partial charge in [-0.05, 0) is 31.2 Å². The number of benzene rings is 1. The van der Waals surface area contributed by atoms with E-state index in [-0.39, 0.29) is 5.76 Å². The summed E-state index contributed by atoms with van der Waals surface area (Å²) in [6, 6.07) is 8.93. The first-order valence-corrected chi connectivity index (χ1v) is 9.30. The van der Waals surface area contributed by atoms with Gasteiger partial charge in [-0.25, -0.2) is 4.98 Å². The van der Waals surface area contributed by atoms with E-state index in [2.05, 4.69) is 20.6 Å². The minimum Gasteiger partial charge on any atom is -0.497 e. The van der Waals surface area contributed by atoms with Crippen LogP contribution in [0.2, 0.25) is 0 Å². The summed E-state index contributed by atoms with van der Waals surface area (Å²) in [7, 11) is 3.48.